The number of phenolic OH excluding ortho intramolecular Hbond substituents is 1. The molecule has 0 aliphatic rings. The molecule has 2 aromatic rings. The summed E-state index contributed by atoms with van der Waals surface area (Å²) in [6, 6.07) is 14.3. The lowest BCUT2D eigenvalue weighted by atomic mass is 9.92. The van der Waals surface area contributed by atoms with Crippen molar-refractivity contribution in [2.24, 2.45) is 0 Å². The number of hydrogen-bond acceptors (Lipinski definition) is 3. The minimum atomic E-state index is -0.461. The molecular weight excluding hydrogens is 228 g/mol. The highest BCUT2D eigenvalue weighted by Gasteiger charge is 2.17. The van der Waals surface area contributed by atoms with E-state index in [4.69, 9.17) is 4.74 Å². The summed E-state index contributed by atoms with van der Waals surface area (Å²) in [6.07, 6.45) is 0.830. The number of carbonyl (C=O) groups is 1. The van der Waals surface area contributed by atoms with Gasteiger partial charge in [0.2, 0.25) is 0 Å². The van der Waals surface area contributed by atoms with Crippen molar-refractivity contribution in [2.45, 2.75) is 5.92 Å². The van der Waals surface area contributed by atoms with Crippen molar-refractivity contribution in [2.75, 3.05) is 7.11 Å². The smallest absolute Gasteiger partial charge is 0.131 e. The Labute approximate surface area is 106 Å². The number of rotatable bonds is 4. The van der Waals surface area contributed by atoms with Crippen molar-refractivity contribution >= 4 is 6.29 Å². The molecule has 0 saturated carbocycles. The summed E-state index contributed by atoms with van der Waals surface area (Å²) in [5.41, 5.74) is 1.44. The molecule has 0 radical (unpaired) electrons. The standard InChI is InChI=1S/C15H14O3/c1-18-12-7-8-13(15(17)9-12)14(10-16)11-5-3-2-4-6-11/h2-10,14,17H,1H3. The molecule has 0 spiro atoms. The fourth-order valence-corrected chi connectivity index (χ4v) is 1.91. The first-order valence-corrected chi connectivity index (χ1v) is 5.63. The SMILES string of the molecule is COc1ccc(C(C=O)c2ccccc2)c(O)c1. The van der Waals surface area contributed by atoms with Crippen LogP contribution in [-0.4, -0.2) is 18.5 Å². The van der Waals surface area contributed by atoms with Crippen LogP contribution in [0.15, 0.2) is 48.5 Å². The second-order valence-corrected chi connectivity index (χ2v) is 3.95. The topological polar surface area (TPSA) is 46.5 Å². The van der Waals surface area contributed by atoms with Crippen LogP contribution in [0.2, 0.25) is 0 Å². The molecule has 2 rings (SSSR count). The van der Waals surface area contributed by atoms with Crippen molar-refractivity contribution in [3.63, 3.8) is 0 Å². The summed E-state index contributed by atoms with van der Waals surface area (Å²) in [4.78, 5) is 11.3. The third-order valence-electron chi connectivity index (χ3n) is 2.87. The molecule has 18 heavy (non-hydrogen) atoms. The molecule has 0 saturated heterocycles. The number of methoxy groups -OCH3 is 1. The Morgan fingerprint density at radius 3 is 2.44 bits per heavy atom. The van der Waals surface area contributed by atoms with E-state index < -0.39 is 5.92 Å². The summed E-state index contributed by atoms with van der Waals surface area (Å²) in [6.45, 7) is 0. The summed E-state index contributed by atoms with van der Waals surface area (Å²) in [5.74, 6) is 0.168. The molecule has 1 N–H and O–H groups in total. The molecule has 1 atom stereocenters. The predicted molar refractivity (Wildman–Crippen MR) is 69.0 cm³/mol. The Kier molecular flexibility index (Phi) is 3.63. The van der Waals surface area contributed by atoms with Gasteiger partial charge in [-0.3, -0.25) is 0 Å². The quantitative estimate of drug-likeness (QED) is 0.838. The third-order valence-corrected chi connectivity index (χ3v) is 2.87. The van der Waals surface area contributed by atoms with Gasteiger partial charge in [0, 0.05) is 11.6 Å². The van der Waals surface area contributed by atoms with Crippen molar-refractivity contribution in [3.05, 3.63) is 59.7 Å². The van der Waals surface area contributed by atoms with Crippen LogP contribution in [0.3, 0.4) is 0 Å². The van der Waals surface area contributed by atoms with Crippen molar-refractivity contribution in [1.29, 1.82) is 0 Å². The zero-order chi connectivity index (χ0) is 13.0. The number of phenols is 1. The van der Waals surface area contributed by atoms with Gasteiger partial charge >= 0.3 is 0 Å². The van der Waals surface area contributed by atoms with E-state index in [0.717, 1.165) is 11.8 Å². The van der Waals surface area contributed by atoms with E-state index in [9.17, 15) is 9.90 Å². The molecule has 0 amide bonds. The average Bonchev–Trinajstić information content (AvgIpc) is 2.42. The van der Waals surface area contributed by atoms with Crippen molar-refractivity contribution < 1.29 is 14.6 Å². The molecule has 0 fully saturated rings. The number of hydrogen-bond donors (Lipinski definition) is 1. The molecule has 3 heteroatoms. The van der Waals surface area contributed by atoms with Crippen LogP contribution in [0.25, 0.3) is 0 Å². The fraction of sp³-hybridized carbons (Fsp3) is 0.133. The Morgan fingerprint density at radius 1 is 1.17 bits per heavy atom. The molecular formula is C15H14O3. The maximum absolute atomic E-state index is 11.3. The van der Waals surface area contributed by atoms with Gasteiger partial charge in [-0.05, 0) is 11.6 Å². The van der Waals surface area contributed by atoms with Crippen molar-refractivity contribution in [1.82, 2.24) is 0 Å². The highest BCUT2D eigenvalue weighted by molar-refractivity contribution is 5.70. The largest absolute Gasteiger partial charge is 0.507 e. The number of carbonyl (C=O) groups excluding carboxylic acids is 1. The van der Waals surface area contributed by atoms with E-state index >= 15 is 0 Å². The lowest BCUT2D eigenvalue weighted by molar-refractivity contribution is -0.108. The molecule has 0 aliphatic heterocycles. The summed E-state index contributed by atoms with van der Waals surface area (Å²) in [5, 5.41) is 9.95. The minimum absolute atomic E-state index is 0.0651. The Hall–Kier alpha value is -2.29. The molecule has 0 aromatic heterocycles. The maximum Gasteiger partial charge on any atom is 0.131 e. The van der Waals surface area contributed by atoms with E-state index in [-0.39, 0.29) is 5.75 Å². The van der Waals surface area contributed by atoms with E-state index in [1.54, 1.807) is 12.1 Å². The number of benzene rings is 2. The van der Waals surface area contributed by atoms with Gasteiger partial charge in [0.1, 0.15) is 17.8 Å². The Morgan fingerprint density at radius 2 is 1.89 bits per heavy atom. The van der Waals surface area contributed by atoms with Gasteiger partial charge in [0.25, 0.3) is 0 Å². The highest BCUT2D eigenvalue weighted by Crippen LogP contribution is 2.32. The fourth-order valence-electron chi connectivity index (χ4n) is 1.91. The molecule has 0 aliphatic carbocycles. The second-order valence-electron chi connectivity index (χ2n) is 3.95. The lowest BCUT2D eigenvalue weighted by Gasteiger charge is -2.13. The summed E-state index contributed by atoms with van der Waals surface area (Å²) in [7, 11) is 1.53. The van der Waals surface area contributed by atoms with E-state index in [0.29, 0.717) is 11.3 Å². The first-order chi connectivity index (χ1) is 8.76. The number of aldehydes is 1. The van der Waals surface area contributed by atoms with Crippen LogP contribution in [0, 0.1) is 0 Å². The average molecular weight is 242 g/mol. The first-order valence-electron chi connectivity index (χ1n) is 5.63. The van der Waals surface area contributed by atoms with Crippen LogP contribution in [0.1, 0.15) is 17.0 Å². The molecule has 92 valence electrons. The lowest BCUT2D eigenvalue weighted by Crippen LogP contribution is -2.02. The van der Waals surface area contributed by atoms with Gasteiger partial charge in [-0.2, -0.15) is 0 Å². The molecule has 1 unspecified atom stereocenters. The molecule has 0 bridgehead atoms. The van der Waals surface area contributed by atoms with Gasteiger partial charge in [0.15, 0.2) is 0 Å². The van der Waals surface area contributed by atoms with Gasteiger partial charge in [-0.1, -0.05) is 36.4 Å². The van der Waals surface area contributed by atoms with Crippen LogP contribution >= 0.6 is 0 Å². The second kappa shape index (κ2) is 5.36. The zero-order valence-electron chi connectivity index (χ0n) is 10.0. The zero-order valence-corrected chi connectivity index (χ0v) is 10.0. The van der Waals surface area contributed by atoms with E-state index in [1.807, 2.05) is 30.3 Å². The molecule has 2 aromatic carbocycles. The van der Waals surface area contributed by atoms with Gasteiger partial charge in [0.05, 0.1) is 13.0 Å². The Balaban J connectivity index is 2.43. The van der Waals surface area contributed by atoms with Gasteiger partial charge in [-0.15, -0.1) is 0 Å². The predicted octanol–water partition coefficient (Wildman–Crippen LogP) is 2.73. The monoisotopic (exact) mass is 242 g/mol. The normalized spacial score (nSPS) is 11.8. The van der Waals surface area contributed by atoms with Gasteiger partial charge in [-0.25, -0.2) is 0 Å². The Bertz CT molecular complexity index is 535. The number of ether oxygens (including phenoxy) is 1. The van der Waals surface area contributed by atoms with Crippen molar-refractivity contribution in [3.8, 4) is 11.5 Å². The molecule has 3 nitrogen and oxygen atoms in total. The van der Waals surface area contributed by atoms with Crippen LogP contribution in [-0.2, 0) is 4.79 Å². The summed E-state index contributed by atoms with van der Waals surface area (Å²) < 4.78 is 5.02. The van der Waals surface area contributed by atoms with Crippen LogP contribution in [0.4, 0.5) is 0 Å². The van der Waals surface area contributed by atoms with Crippen LogP contribution < -0.4 is 4.74 Å². The third kappa shape index (κ3) is 2.35. The van der Waals surface area contributed by atoms with E-state index in [1.165, 1.54) is 13.2 Å². The number of aromatic hydroxyl groups is 1. The van der Waals surface area contributed by atoms with Gasteiger partial charge < -0.3 is 14.6 Å². The maximum atomic E-state index is 11.3. The minimum Gasteiger partial charge on any atom is -0.507 e. The summed E-state index contributed by atoms with van der Waals surface area (Å²) >= 11 is 0. The molecule has 0 heterocycles. The van der Waals surface area contributed by atoms with Crippen LogP contribution in [0.5, 0.6) is 11.5 Å². The van der Waals surface area contributed by atoms with E-state index in [2.05, 4.69) is 0 Å². The first kappa shape index (κ1) is 12.2. The highest BCUT2D eigenvalue weighted by atomic mass is 16.5.